The third-order valence-corrected chi connectivity index (χ3v) is 1.82. The van der Waals surface area contributed by atoms with E-state index in [0.717, 1.165) is 0 Å². The first-order valence-corrected chi connectivity index (χ1v) is 4.35. The molecular formula is C7H13N3O3S. The Balaban J connectivity index is 3.64. The molecule has 0 saturated carbocycles. The van der Waals surface area contributed by atoms with Crippen LogP contribution in [0.3, 0.4) is 0 Å². The number of primary amides is 1. The number of carbonyl (C=O) groups excluding carboxylic acids is 2. The third-order valence-electron chi connectivity index (χ3n) is 1.47. The molecule has 1 atom stereocenters. The summed E-state index contributed by atoms with van der Waals surface area (Å²) in [4.78, 5) is 21.4. The van der Waals surface area contributed by atoms with E-state index in [1.807, 2.05) is 0 Å². The van der Waals surface area contributed by atoms with Gasteiger partial charge in [0, 0.05) is 0 Å². The van der Waals surface area contributed by atoms with Crippen molar-refractivity contribution in [3.8, 4) is 0 Å². The molecule has 2 amide bonds. The molecule has 5 N–H and O–H groups in total. The number of hydrogen-bond acceptors (Lipinski definition) is 4. The molecule has 0 heterocycles. The molecule has 0 aliphatic heterocycles. The summed E-state index contributed by atoms with van der Waals surface area (Å²) in [5, 5.41) is 2.48. The Hall–Kier alpha value is -1.37. The van der Waals surface area contributed by atoms with Gasteiger partial charge in [0.25, 0.3) is 0 Å². The largest absolute Gasteiger partial charge is 0.448 e. The van der Waals surface area contributed by atoms with Gasteiger partial charge in [0.15, 0.2) is 0 Å². The summed E-state index contributed by atoms with van der Waals surface area (Å²) < 4.78 is 4.39. The molecule has 80 valence electrons. The zero-order chi connectivity index (χ0) is 11.1. The molecule has 0 saturated heterocycles. The lowest BCUT2D eigenvalue weighted by atomic mass is 10.2. The Kier molecular flexibility index (Phi) is 5.54. The maximum absolute atomic E-state index is 11.2. The highest BCUT2D eigenvalue weighted by atomic mass is 32.1. The second-order valence-electron chi connectivity index (χ2n) is 2.58. The highest BCUT2D eigenvalue weighted by Crippen LogP contribution is 1.93. The molecule has 0 aliphatic carbocycles. The lowest BCUT2D eigenvalue weighted by molar-refractivity contribution is -0.122. The minimum absolute atomic E-state index is 0.0329. The van der Waals surface area contributed by atoms with E-state index in [2.05, 4.69) is 22.3 Å². The van der Waals surface area contributed by atoms with Gasteiger partial charge in [-0.15, -0.1) is 0 Å². The van der Waals surface area contributed by atoms with E-state index in [1.54, 1.807) is 6.92 Å². The molecule has 14 heavy (non-hydrogen) atoms. The van der Waals surface area contributed by atoms with Crippen LogP contribution in [0.5, 0.6) is 0 Å². The fourth-order valence-electron chi connectivity index (χ4n) is 0.608. The fraction of sp³-hybridized carbons (Fsp3) is 0.571. The Labute approximate surface area is 87.0 Å². The maximum atomic E-state index is 11.2. The van der Waals surface area contributed by atoms with Crippen LogP contribution in [0, 0.1) is 5.92 Å². The van der Waals surface area contributed by atoms with E-state index in [0.29, 0.717) is 0 Å². The summed E-state index contributed by atoms with van der Waals surface area (Å²) in [6, 6.07) is 0. The molecule has 6 nitrogen and oxygen atoms in total. The van der Waals surface area contributed by atoms with Gasteiger partial charge in [-0.2, -0.15) is 0 Å². The lowest BCUT2D eigenvalue weighted by Crippen LogP contribution is -2.38. The zero-order valence-electron chi connectivity index (χ0n) is 7.78. The van der Waals surface area contributed by atoms with Crippen LogP contribution in [0.1, 0.15) is 6.92 Å². The van der Waals surface area contributed by atoms with E-state index in [1.165, 1.54) is 0 Å². The molecule has 0 fully saturated rings. The quantitative estimate of drug-likeness (QED) is 0.411. The molecular weight excluding hydrogens is 206 g/mol. The number of nitrogens with one attached hydrogen (secondary N) is 1. The van der Waals surface area contributed by atoms with Gasteiger partial charge in [-0.05, 0) is 6.92 Å². The number of hydrogen-bond donors (Lipinski definition) is 3. The van der Waals surface area contributed by atoms with E-state index in [9.17, 15) is 9.59 Å². The van der Waals surface area contributed by atoms with Gasteiger partial charge in [0.2, 0.25) is 5.91 Å². The van der Waals surface area contributed by atoms with Crippen molar-refractivity contribution in [3.63, 3.8) is 0 Å². The smallest absolute Gasteiger partial charge is 0.404 e. The summed E-state index contributed by atoms with van der Waals surface area (Å²) in [6.45, 7) is 1.81. The SMILES string of the molecule is CC(C(=O)NCCOC(N)=O)C(N)=S. The van der Waals surface area contributed by atoms with Crippen LogP contribution in [0.2, 0.25) is 0 Å². The Bertz CT molecular complexity index is 244. The normalized spacial score (nSPS) is 11.5. The highest BCUT2D eigenvalue weighted by Gasteiger charge is 2.14. The number of rotatable bonds is 5. The maximum Gasteiger partial charge on any atom is 0.404 e. The molecule has 0 rings (SSSR count). The van der Waals surface area contributed by atoms with Gasteiger partial charge >= 0.3 is 6.09 Å². The molecule has 7 heteroatoms. The average molecular weight is 219 g/mol. The number of nitrogens with two attached hydrogens (primary N) is 2. The lowest BCUT2D eigenvalue weighted by Gasteiger charge is -2.09. The minimum Gasteiger partial charge on any atom is -0.448 e. The van der Waals surface area contributed by atoms with Gasteiger partial charge in [0.05, 0.1) is 17.5 Å². The summed E-state index contributed by atoms with van der Waals surface area (Å²) in [5.41, 5.74) is 9.96. The summed E-state index contributed by atoms with van der Waals surface area (Å²) in [7, 11) is 0. The van der Waals surface area contributed by atoms with E-state index in [-0.39, 0.29) is 24.0 Å². The zero-order valence-corrected chi connectivity index (χ0v) is 8.60. The number of ether oxygens (including phenoxy) is 1. The molecule has 0 aromatic heterocycles. The first kappa shape index (κ1) is 12.6. The van der Waals surface area contributed by atoms with E-state index in [4.69, 9.17) is 11.5 Å². The van der Waals surface area contributed by atoms with Crippen molar-refractivity contribution in [2.24, 2.45) is 17.4 Å². The molecule has 0 aromatic rings. The summed E-state index contributed by atoms with van der Waals surface area (Å²) in [5.74, 6) is -0.829. The van der Waals surface area contributed by atoms with E-state index < -0.39 is 12.0 Å². The van der Waals surface area contributed by atoms with Crippen LogP contribution < -0.4 is 16.8 Å². The molecule has 1 unspecified atom stereocenters. The average Bonchev–Trinajstić information content (AvgIpc) is 2.10. The van der Waals surface area contributed by atoms with Gasteiger partial charge in [0.1, 0.15) is 6.61 Å². The van der Waals surface area contributed by atoms with Crippen LogP contribution in [-0.4, -0.2) is 30.1 Å². The van der Waals surface area contributed by atoms with Crippen LogP contribution >= 0.6 is 12.2 Å². The predicted octanol–water partition coefficient (Wildman–Crippen LogP) is -0.880. The van der Waals surface area contributed by atoms with Crippen LogP contribution in [-0.2, 0) is 9.53 Å². The Morgan fingerprint density at radius 1 is 1.50 bits per heavy atom. The van der Waals surface area contributed by atoms with Crippen molar-refractivity contribution in [1.29, 1.82) is 0 Å². The highest BCUT2D eigenvalue weighted by molar-refractivity contribution is 7.80. The van der Waals surface area contributed by atoms with Crippen molar-refractivity contribution >= 4 is 29.2 Å². The number of thiocarbonyl (C=S) groups is 1. The van der Waals surface area contributed by atoms with E-state index >= 15 is 0 Å². The van der Waals surface area contributed by atoms with Crippen LogP contribution in [0.15, 0.2) is 0 Å². The first-order chi connectivity index (χ1) is 6.45. The number of amides is 2. The molecule has 0 bridgehead atoms. The van der Waals surface area contributed by atoms with Crippen LogP contribution in [0.25, 0.3) is 0 Å². The van der Waals surface area contributed by atoms with Crippen molar-refractivity contribution < 1.29 is 14.3 Å². The van der Waals surface area contributed by atoms with Crippen LogP contribution in [0.4, 0.5) is 4.79 Å². The topological polar surface area (TPSA) is 107 Å². The van der Waals surface area contributed by atoms with Gasteiger partial charge < -0.3 is 21.5 Å². The molecule has 0 radical (unpaired) electrons. The summed E-state index contributed by atoms with van der Waals surface area (Å²) >= 11 is 4.63. The van der Waals surface area contributed by atoms with Gasteiger partial charge in [-0.1, -0.05) is 12.2 Å². The second-order valence-corrected chi connectivity index (χ2v) is 3.05. The Morgan fingerprint density at radius 3 is 2.50 bits per heavy atom. The first-order valence-electron chi connectivity index (χ1n) is 3.94. The van der Waals surface area contributed by atoms with Crippen molar-refractivity contribution in [2.75, 3.05) is 13.2 Å². The van der Waals surface area contributed by atoms with Crippen molar-refractivity contribution in [3.05, 3.63) is 0 Å². The minimum atomic E-state index is -0.873. The molecule has 0 spiro atoms. The predicted molar refractivity (Wildman–Crippen MR) is 54.5 cm³/mol. The second kappa shape index (κ2) is 6.14. The molecule has 0 aliphatic rings. The van der Waals surface area contributed by atoms with Crippen molar-refractivity contribution in [2.45, 2.75) is 6.92 Å². The number of carbonyl (C=O) groups is 2. The van der Waals surface area contributed by atoms with Crippen molar-refractivity contribution in [1.82, 2.24) is 5.32 Å². The monoisotopic (exact) mass is 219 g/mol. The standard InChI is InChI=1S/C7H13N3O3S/c1-4(5(8)14)6(11)10-2-3-13-7(9)12/h4H,2-3H2,1H3,(H2,8,14)(H2,9,12)(H,10,11). The molecule has 0 aromatic carbocycles. The fourth-order valence-corrected chi connectivity index (χ4v) is 0.715. The summed E-state index contributed by atoms with van der Waals surface area (Å²) in [6.07, 6.45) is -0.873. The Morgan fingerprint density at radius 2 is 2.07 bits per heavy atom. The van der Waals surface area contributed by atoms with Gasteiger partial charge in [-0.3, -0.25) is 4.79 Å². The van der Waals surface area contributed by atoms with Gasteiger partial charge in [-0.25, -0.2) is 4.79 Å². The third kappa shape index (κ3) is 5.31.